The number of nitrogens with one attached hydrogen (secondary N) is 3. The van der Waals surface area contributed by atoms with Crippen molar-refractivity contribution in [3.05, 3.63) is 0 Å². The van der Waals surface area contributed by atoms with Crippen LogP contribution in [-0.2, 0) is 28.7 Å². The van der Waals surface area contributed by atoms with E-state index in [4.69, 9.17) is 4.79 Å². The highest BCUT2D eigenvalue weighted by molar-refractivity contribution is 5.83. The van der Waals surface area contributed by atoms with Crippen LogP contribution < -0.4 is 16.0 Å². The Balaban J connectivity index is -0.000000371. The van der Waals surface area contributed by atoms with Gasteiger partial charge in [-0.05, 0) is 25.9 Å². The highest BCUT2D eigenvalue weighted by atomic mass is 16.5. The molecule has 1 saturated heterocycles. The van der Waals surface area contributed by atoms with Gasteiger partial charge >= 0.3 is 11.9 Å². The van der Waals surface area contributed by atoms with Crippen molar-refractivity contribution in [3.8, 4) is 0 Å². The zero-order valence-electron chi connectivity index (χ0n) is 18.4. The number of methoxy groups -OCH3 is 2. The first kappa shape index (κ1) is 30.7. The van der Waals surface area contributed by atoms with Gasteiger partial charge in [0.1, 0.15) is 19.4 Å². The highest BCUT2D eigenvalue weighted by Crippen LogP contribution is 2.06. The van der Waals surface area contributed by atoms with Gasteiger partial charge in [0.25, 0.3) is 0 Å². The number of carbonyl (C=O) groups excluding carboxylic acids is 4. The predicted octanol–water partition coefficient (Wildman–Crippen LogP) is 0.520. The molecule has 0 radical (unpaired) electrons. The Kier molecular flexibility index (Phi) is 23.4. The third kappa shape index (κ3) is 16.2. The maximum absolute atomic E-state index is 11.3. The van der Waals surface area contributed by atoms with Crippen molar-refractivity contribution in [2.24, 2.45) is 11.8 Å². The van der Waals surface area contributed by atoms with E-state index in [-0.39, 0.29) is 36.3 Å². The van der Waals surface area contributed by atoms with Crippen LogP contribution in [0.3, 0.4) is 0 Å². The van der Waals surface area contributed by atoms with Crippen molar-refractivity contribution in [1.82, 2.24) is 16.0 Å². The molecule has 2 atom stereocenters. The van der Waals surface area contributed by atoms with E-state index in [1.807, 2.05) is 20.6 Å². The Labute approximate surface area is 169 Å². The van der Waals surface area contributed by atoms with Crippen LogP contribution in [-0.4, -0.2) is 71.6 Å². The van der Waals surface area contributed by atoms with Crippen LogP contribution in [0, 0.1) is 11.8 Å². The molecule has 1 heterocycles. The molecule has 0 bridgehead atoms. The van der Waals surface area contributed by atoms with E-state index >= 15 is 0 Å². The SMILES string of the molecule is C=O.CCC.CNC(C(=O)OC)C(C)C.COC(=O)CNC(=O)C1CCNC1. The third-order valence-corrected chi connectivity index (χ3v) is 3.50. The first-order valence-electron chi connectivity index (χ1n) is 9.37. The Bertz CT molecular complexity index is 412. The van der Waals surface area contributed by atoms with E-state index in [2.05, 4.69) is 39.3 Å². The molecule has 1 amide bonds. The molecular formula is C19H39N3O6. The van der Waals surface area contributed by atoms with Gasteiger partial charge in [-0.2, -0.15) is 0 Å². The second-order valence-electron chi connectivity index (χ2n) is 6.22. The van der Waals surface area contributed by atoms with E-state index in [0.29, 0.717) is 6.54 Å². The number of carbonyl (C=O) groups is 4. The molecule has 0 aromatic carbocycles. The summed E-state index contributed by atoms with van der Waals surface area (Å²) in [6.07, 6.45) is 2.09. The summed E-state index contributed by atoms with van der Waals surface area (Å²) in [5, 5.41) is 8.48. The van der Waals surface area contributed by atoms with Crippen LogP contribution in [0.15, 0.2) is 0 Å². The number of rotatable bonds is 6. The fourth-order valence-electron chi connectivity index (χ4n) is 2.10. The molecule has 1 fully saturated rings. The zero-order valence-corrected chi connectivity index (χ0v) is 18.4. The molecule has 0 spiro atoms. The second-order valence-corrected chi connectivity index (χ2v) is 6.22. The van der Waals surface area contributed by atoms with Crippen LogP contribution in [0.25, 0.3) is 0 Å². The minimum absolute atomic E-state index is 0.00431. The lowest BCUT2D eigenvalue weighted by Gasteiger charge is -2.16. The summed E-state index contributed by atoms with van der Waals surface area (Å²) in [7, 11) is 4.45. The smallest absolute Gasteiger partial charge is 0.325 e. The summed E-state index contributed by atoms with van der Waals surface area (Å²) in [6.45, 7) is 11.7. The maximum atomic E-state index is 11.3. The molecule has 0 aliphatic carbocycles. The van der Waals surface area contributed by atoms with Gasteiger partial charge in [-0.3, -0.25) is 14.4 Å². The molecule has 9 nitrogen and oxygen atoms in total. The van der Waals surface area contributed by atoms with Crippen molar-refractivity contribution in [3.63, 3.8) is 0 Å². The van der Waals surface area contributed by atoms with Gasteiger partial charge in [-0.1, -0.05) is 34.1 Å². The monoisotopic (exact) mass is 405 g/mol. The number of ether oxygens (including phenoxy) is 2. The molecule has 0 aromatic heterocycles. The summed E-state index contributed by atoms with van der Waals surface area (Å²) in [6, 6.07) is -0.176. The average Bonchev–Trinajstić information content (AvgIpc) is 3.23. The normalized spacial score (nSPS) is 15.4. The predicted molar refractivity (Wildman–Crippen MR) is 109 cm³/mol. The molecule has 1 rings (SSSR count). The molecule has 166 valence electrons. The van der Waals surface area contributed by atoms with E-state index in [9.17, 15) is 14.4 Å². The summed E-state index contributed by atoms with van der Waals surface area (Å²) in [4.78, 5) is 40.9. The van der Waals surface area contributed by atoms with Gasteiger partial charge < -0.3 is 30.2 Å². The Morgan fingerprint density at radius 2 is 1.68 bits per heavy atom. The number of hydrogen-bond acceptors (Lipinski definition) is 8. The molecule has 1 aliphatic heterocycles. The van der Waals surface area contributed by atoms with Crippen LogP contribution in [0.5, 0.6) is 0 Å². The Morgan fingerprint density at radius 1 is 1.14 bits per heavy atom. The Hall–Kier alpha value is -2.00. The largest absolute Gasteiger partial charge is 0.468 e. The summed E-state index contributed by atoms with van der Waals surface area (Å²) in [5.74, 6) is -0.408. The first-order valence-corrected chi connectivity index (χ1v) is 9.37. The number of esters is 2. The van der Waals surface area contributed by atoms with E-state index in [1.165, 1.54) is 20.6 Å². The Morgan fingerprint density at radius 3 is 1.96 bits per heavy atom. The second kappa shape index (κ2) is 21.3. The molecular weight excluding hydrogens is 366 g/mol. The zero-order chi connectivity index (χ0) is 22.5. The van der Waals surface area contributed by atoms with Crippen molar-refractivity contribution in [2.75, 3.05) is 40.9 Å². The van der Waals surface area contributed by atoms with Crippen LogP contribution in [0.2, 0.25) is 0 Å². The van der Waals surface area contributed by atoms with Gasteiger partial charge in [-0.15, -0.1) is 0 Å². The lowest BCUT2D eigenvalue weighted by Crippen LogP contribution is -2.39. The number of likely N-dealkylation sites (N-methyl/N-ethyl adjacent to an activating group) is 1. The minimum Gasteiger partial charge on any atom is -0.468 e. The van der Waals surface area contributed by atoms with Gasteiger partial charge in [0.2, 0.25) is 5.91 Å². The molecule has 9 heteroatoms. The average molecular weight is 406 g/mol. The minimum atomic E-state index is -0.417. The fourth-order valence-corrected chi connectivity index (χ4v) is 2.10. The van der Waals surface area contributed by atoms with Gasteiger partial charge in [0.15, 0.2) is 0 Å². The van der Waals surface area contributed by atoms with Crippen LogP contribution >= 0.6 is 0 Å². The van der Waals surface area contributed by atoms with Crippen molar-refractivity contribution >= 4 is 24.6 Å². The van der Waals surface area contributed by atoms with Gasteiger partial charge in [-0.25, -0.2) is 0 Å². The highest BCUT2D eigenvalue weighted by Gasteiger charge is 2.22. The first-order chi connectivity index (χ1) is 13.3. The topological polar surface area (TPSA) is 123 Å². The lowest BCUT2D eigenvalue weighted by molar-refractivity contribution is -0.144. The summed E-state index contributed by atoms with van der Waals surface area (Å²) >= 11 is 0. The van der Waals surface area contributed by atoms with E-state index in [0.717, 1.165) is 13.0 Å². The lowest BCUT2D eigenvalue weighted by atomic mass is 10.1. The number of amides is 1. The van der Waals surface area contributed by atoms with E-state index in [1.54, 1.807) is 7.05 Å². The van der Waals surface area contributed by atoms with Crippen molar-refractivity contribution in [2.45, 2.75) is 46.6 Å². The maximum Gasteiger partial charge on any atom is 0.325 e. The molecule has 1 aliphatic rings. The molecule has 3 N–H and O–H groups in total. The quantitative estimate of drug-likeness (QED) is 0.547. The van der Waals surface area contributed by atoms with E-state index < -0.39 is 5.97 Å². The van der Waals surface area contributed by atoms with Crippen molar-refractivity contribution < 1.29 is 28.7 Å². The standard InChI is InChI=1S/C8H14N2O3.C7H15NO2.C3H8.CH2O/c1-13-7(11)5-10-8(12)6-2-3-9-4-6;1-5(2)6(8-3)7(9)10-4;1-3-2;1-2/h6,9H,2-5H2,1H3,(H,10,12);5-6,8H,1-4H3;3H2,1-2H3;1H2. The van der Waals surface area contributed by atoms with Crippen LogP contribution in [0.1, 0.15) is 40.5 Å². The summed E-state index contributed by atoms with van der Waals surface area (Å²) in [5.41, 5.74) is 0. The fraction of sp³-hybridized carbons (Fsp3) is 0.789. The molecule has 0 aromatic rings. The third-order valence-electron chi connectivity index (χ3n) is 3.50. The van der Waals surface area contributed by atoms with Crippen LogP contribution in [0.4, 0.5) is 0 Å². The molecule has 28 heavy (non-hydrogen) atoms. The van der Waals surface area contributed by atoms with Gasteiger partial charge in [0, 0.05) is 6.54 Å². The van der Waals surface area contributed by atoms with Gasteiger partial charge in [0.05, 0.1) is 20.1 Å². The molecule has 0 saturated carbocycles. The molecule has 2 unspecified atom stereocenters. The number of hydrogen-bond donors (Lipinski definition) is 3. The van der Waals surface area contributed by atoms with Crippen molar-refractivity contribution in [1.29, 1.82) is 0 Å². The summed E-state index contributed by atoms with van der Waals surface area (Å²) < 4.78 is 8.96.